The maximum atomic E-state index is 12.7. The van der Waals surface area contributed by atoms with Gasteiger partial charge in [-0.05, 0) is 49.9 Å². The molecule has 0 saturated heterocycles. The summed E-state index contributed by atoms with van der Waals surface area (Å²) in [5.41, 5.74) is -0.684. The first kappa shape index (κ1) is 20.2. The van der Waals surface area contributed by atoms with E-state index in [-0.39, 0.29) is 11.1 Å². The molecule has 1 aromatic heterocycles. The van der Waals surface area contributed by atoms with Crippen molar-refractivity contribution < 1.29 is 9.90 Å². The van der Waals surface area contributed by atoms with Gasteiger partial charge in [0, 0.05) is 16.1 Å². The second-order valence-electron chi connectivity index (χ2n) is 8.18. The van der Waals surface area contributed by atoms with Crippen molar-refractivity contribution >= 4 is 21.8 Å². The topological polar surface area (TPSA) is 84.2 Å². The number of rotatable bonds is 4. The maximum Gasteiger partial charge on any atom is 0.276 e. The number of nitrogens with zero attached hydrogens (tertiary/aromatic N) is 2. The third-order valence-electron chi connectivity index (χ3n) is 3.62. The molecule has 2 rings (SSSR count). The predicted octanol–water partition coefficient (Wildman–Crippen LogP) is 3.65. The molecule has 0 aliphatic rings. The Morgan fingerprint density at radius 2 is 1.77 bits per heavy atom. The predicted molar refractivity (Wildman–Crippen MR) is 105 cm³/mol. The molecule has 1 aromatic carbocycles. The van der Waals surface area contributed by atoms with Gasteiger partial charge in [-0.1, -0.05) is 36.7 Å². The van der Waals surface area contributed by atoms with Crippen LogP contribution in [0.15, 0.2) is 39.6 Å². The van der Waals surface area contributed by atoms with E-state index in [1.54, 1.807) is 24.3 Å². The van der Waals surface area contributed by atoms with Crippen molar-refractivity contribution in [1.29, 1.82) is 0 Å². The summed E-state index contributed by atoms with van der Waals surface area (Å²) in [5.74, 6) is -0.963. The molecule has 0 saturated carbocycles. The minimum absolute atomic E-state index is 0.0163. The van der Waals surface area contributed by atoms with E-state index >= 15 is 0 Å². The van der Waals surface area contributed by atoms with Crippen molar-refractivity contribution in [2.24, 2.45) is 5.41 Å². The van der Waals surface area contributed by atoms with Crippen LogP contribution in [0.5, 0.6) is 5.75 Å². The second kappa shape index (κ2) is 7.23. The fraction of sp³-hybridized carbons (Fsp3) is 0.421. The van der Waals surface area contributed by atoms with Crippen molar-refractivity contribution in [2.45, 2.75) is 46.6 Å². The van der Waals surface area contributed by atoms with Crippen LogP contribution in [0.25, 0.3) is 5.69 Å². The van der Waals surface area contributed by atoms with Crippen LogP contribution in [0.1, 0.15) is 51.5 Å². The van der Waals surface area contributed by atoms with Crippen molar-refractivity contribution in [1.82, 2.24) is 15.1 Å². The van der Waals surface area contributed by atoms with Gasteiger partial charge < -0.3 is 10.4 Å². The summed E-state index contributed by atoms with van der Waals surface area (Å²) in [4.78, 5) is 24.8. The van der Waals surface area contributed by atoms with E-state index in [0.29, 0.717) is 5.69 Å². The van der Waals surface area contributed by atoms with E-state index in [9.17, 15) is 14.7 Å². The van der Waals surface area contributed by atoms with E-state index in [0.717, 1.165) is 21.6 Å². The standard InChI is InChI=1S/C19H24BrN3O3/c1-18(2,3)11-19(4,5)21-17(26)16-14(24)10-15(25)23(22-16)13-8-6-12(20)7-9-13/h6-10,24H,11H2,1-5H3,(H,21,26). The Kier molecular flexibility index (Phi) is 5.61. The number of aromatic hydroxyl groups is 1. The van der Waals surface area contributed by atoms with Crippen LogP contribution < -0.4 is 10.9 Å². The summed E-state index contributed by atoms with van der Waals surface area (Å²) in [6, 6.07) is 7.92. The summed E-state index contributed by atoms with van der Waals surface area (Å²) in [6.07, 6.45) is 0.735. The van der Waals surface area contributed by atoms with Gasteiger partial charge in [-0.3, -0.25) is 9.59 Å². The highest BCUT2D eigenvalue weighted by atomic mass is 79.9. The zero-order chi connectivity index (χ0) is 19.7. The first-order valence-electron chi connectivity index (χ1n) is 8.30. The van der Waals surface area contributed by atoms with E-state index in [1.807, 2.05) is 13.8 Å². The molecule has 140 valence electrons. The quantitative estimate of drug-likeness (QED) is 0.788. The Bertz CT molecular complexity index is 865. The Balaban J connectivity index is 2.37. The van der Waals surface area contributed by atoms with Gasteiger partial charge in [0.1, 0.15) is 0 Å². The van der Waals surface area contributed by atoms with Crippen LogP contribution in [-0.2, 0) is 0 Å². The van der Waals surface area contributed by atoms with Gasteiger partial charge >= 0.3 is 0 Å². The lowest BCUT2D eigenvalue weighted by Crippen LogP contribution is -2.46. The molecule has 6 nitrogen and oxygen atoms in total. The Labute approximate surface area is 161 Å². The molecule has 1 amide bonds. The Hall–Kier alpha value is -2.15. The molecule has 0 aliphatic heterocycles. The molecular formula is C19H24BrN3O3. The minimum atomic E-state index is -0.525. The number of carbonyl (C=O) groups excluding carboxylic acids is 1. The SMILES string of the molecule is CC(C)(C)CC(C)(C)NC(=O)c1nn(-c2ccc(Br)cc2)c(=O)cc1O. The van der Waals surface area contributed by atoms with Crippen LogP contribution >= 0.6 is 15.9 Å². The molecule has 0 fully saturated rings. The van der Waals surface area contributed by atoms with Gasteiger partial charge in [-0.25, -0.2) is 0 Å². The lowest BCUT2D eigenvalue weighted by atomic mass is 9.82. The van der Waals surface area contributed by atoms with Crippen molar-refractivity contribution in [3.05, 3.63) is 50.9 Å². The molecular weight excluding hydrogens is 398 g/mol. The fourth-order valence-electron chi connectivity index (χ4n) is 3.11. The van der Waals surface area contributed by atoms with Crippen LogP contribution in [0.3, 0.4) is 0 Å². The van der Waals surface area contributed by atoms with Gasteiger partial charge in [-0.2, -0.15) is 9.78 Å². The molecule has 0 aliphatic carbocycles. The smallest absolute Gasteiger partial charge is 0.276 e. The minimum Gasteiger partial charge on any atom is -0.505 e. The number of benzene rings is 1. The molecule has 2 N–H and O–H groups in total. The van der Waals surface area contributed by atoms with Crippen molar-refractivity contribution in [2.75, 3.05) is 0 Å². The average Bonchev–Trinajstić information content (AvgIpc) is 2.45. The highest BCUT2D eigenvalue weighted by Crippen LogP contribution is 2.27. The first-order chi connectivity index (χ1) is 11.9. The normalized spacial score (nSPS) is 12.1. The first-order valence-corrected chi connectivity index (χ1v) is 9.09. The molecule has 0 bridgehead atoms. The number of halogens is 1. The molecule has 0 unspecified atom stereocenters. The molecule has 26 heavy (non-hydrogen) atoms. The summed E-state index contributed by atoms with van der Waals surface area (Å²) >= 11 is 3.33. The monoisotopic (exact) mass is 421 g/mol. The summed E-state index contributed by atoms with van der Waals surface area (Å²) in [7, 11) is 0. The highest BCUT2D eigenvalue weighted by Gasteiger charge is 2.29. The van der Waals surface area contributed by atoms with E-state index in [2.05, 4.69) is 47.1 Å². The molecule has 7 heteroatoms. The molecule has 2 aromatic rings. The zero-order valence-corrected chi connectivity index (χ0v) is 17.2. The second-order valence-corrected chi connectivity index (χ2v) is 9.10. The summed E-state index contributed by atoms with van der Waals surface area (Å²) < 4.78 is 1.95. The van der Waals surface area contributed by atoms with E-state index in [4.69, 9.17) is 0 Å². The zero-order valence-electron chi connectivity index (χ0n) is 15.6. The lowest BCUT2D eigenvalue weighted by Gasteiger charge is -2.33. The fourth-order valence-corrected chi connectivity index (χ4v) is 3.38. The van der Waals surface area contributed by atoms with Gasteiger partial charge in [0.05, 0.1) is 5.69 Å². The number of carbonyl (C=O) groups is 1. The summed E-state index contributed by atoms with van der Waals surface area (Å²) in [5, 5.41) is 17.0. The largest absolute Gasteiger partial charge is 0.505 e. The number of hydrogen-bond donors (Lipinski definition) is 2. The third-order valence-corrected chi connectivity index (χ3v) is 4.15. The maximum absolute atomic E-state index is 12.7. The summed E-state index contributed by atoms with van der Waals surface area (Å²) in [6.45, 7) is 10.1. The van der Waals surface area contributed by atoms with E-state index < -0.39 is 22.8 Å². The third kappa shape index (κ3) is 5.17. The number of amides is 1. The molecule has 1 heterocycles. The van der Waals surface area contributed by atoms with Crippen LogP contribution in [0, 0.1) is 5.41 Å². The lowest BCUT2D eigenvalue weighted by molar-refractivity contribution is 0.0881. The van der Waals surface area contributed by atoms with Crippen molar-refractivity contribution in [3.8, 4) is 11.4 Å². The van der Waals surface area contributed by atoms with Gasteiger partial charge in [0.15, 0.2) is 11.4 Å². The van der Waals surface area contributed by atoms with Crippen LogP contribution in [0.4, 0.5) is 0 Å². The molecule has 0 atom stereocenters. The van der Waals surface area contributed by atoms with Gasteiger partial charge in [-0.15, -0.1) is 0 Å². The van der Waals surface area contributed by atoms with Crippen LogP contribution in [-0.4, -0.2) is 26.3 Å². The number of hydrogen-bond acceptors (Lipinski definition) is 4. The van der Waals surface area contributed by atoms with E-state index in [1.165, 1.54) is 0 Å². The number of nitrogens with one attached hydrogen (secondary N) is 1. The number of aromatic nitrogens is 2. The van der Waals surface area contributed by atoms with Crippen LogP contribution in [0.2, 0.25) is 0 Å². The highest BCUT2D eigenvalue weighted by molar-refractivity contribution is 9.10. The Morgan fingerprint density at radius 1 is 1.19 bits per heavy atom. The van der Waals surface area contributed by atoms with Gasteiger partial charge in [0.2, 0.25) is 0 Å². The molecule has 0 radical (unpaired) electrons. The van der Waals surface area contributed by atoms with Crippen molar-refractivity contribution in [3.63, 3.8) is 0 Å². The average molecular weight is 422 g/mol. The molecule has 0 spiro atoms. The van der Waals surface area contributed by atoms with Gasteiger partial charge in [0.25, 0.3) is 11.5 Å². The Morgan fingerprint density at radius 3 is 2.31 bits per heavy atom.